The Balaban J connectivity index is 1.65. The minimum absolute atomic E-state index is 0.332. The van der Waals surface area contributed by atoms with Gasteiger partial charge in [-0.2, -0.15) is 5.10 Å². The predicted octanol–water partition coefficient (Wildman–Crippen LogP) is 4.03. The van der Waals surface area contributed by atoms with Crippen molar-refractivity contribution in [2.24, 2.45) is 0 Å². The molecule has 1 atom stereocenters. The summed E-state index contributed by atoms with van der Waals surface area (Å²) in [6.07, 6.45) is 0.686. The van der Waals surface area contributed by atoms with E-state index in [0.29, 0.717) is 22.0 Å². The molecule has 150 valence electrons. The molecule has 1 amide bonds. The zero-order chi connectivity index (χ0) is 21.0. The van der Waals surface area contributed by atoms with Crippen LogP contribution in [-0.4, -0.2) is 34.9 Å². The molecule has 0 aliphatic heterocycles. The van der Waals surface area contributed by atoms with Crippen molar-refractivity contribution in [3.63, 3.8) is 0 Å². The lowest BCUT2D eigenvalue weighted by molar-refractivity contribution is -0.123. The van der Waals surface area contributed by atoms with E-state index in [1.807, 2.05) is 13.0 Å². The SMILES string of the molecule is COc1ccc(Cl)cc1NC(=O)[C@@H](C)OC(=O)c1ccc(-n2nccc2C)cc1. The van der Waals surface area contributed by atoms with E-state index < -0.39 is 18.0 Å². The number of hydrogen-bond acceptors (Lipinski definition) is 5. The van der Waals surface area contributed by atoms with Crippen LogP contribution >= 0.6 is 11.6 Å². The van der Waals surface area contributed by atoms with Crippen LogP contribution in [0.15, 0.2) is 54.7 Å². The van der Waals surface area contributed by atoms with Crippen molar-refractivity contribution >= 4 is 29.2 Å². The van der Waals surface area contributed by atoms with Gasteiger partial charge in [0.2, 0.25) is 0 Å². The Kier molecular flexibility index (Phi) is 6.19. The molecule has 0 unspecified atom stereocenters. The Morgan fingerprint density at radius 2 is 1.86 bits per heavy atom. The molecule has 7 nitrogen and oxygen atoms in total. The first kappa shape index (κ1) is 20.4. The van der Waals surface area contributed by atoms with E-state index in [-0.39, 0.29) is 0 Å². The second kappa shape index (κ2) is 8.79. The van der Waals surface area contributed by atoms with E-state index in [9.17, 15) is 9.59 Å². The molecule has 0 radical (unpaired) electrons. The summed E-state index contributed by atoms with van der Waals surface area (Å²) >= 11 is 5.96. The third kappa shape index (κ3) is 4.75. The summed E-state index contributed by atoms with van der Waals surface area (Å²) in [5.74, 6) is -0.650. The Bertz CT molecular complexity index is 1030. The largest absolute Gasteiger partial charge is 0.495 e. The summed E-state index contributed by atoms with van der Waals surface area (Å²) in [4.78, 5) is 24.8. The van der Waals surface area contributed by atoms with E-state index in [0.717, 1.165) is 11.4 Å². The smallest absolute Gasteiger partial charge is 0.338 e. The number of aryl methyl sites for hydroxylation is 1. The van der Waals surface area contributed by atoms with E-state index in [4.69, 9.17) is 21.1 Å². The van der Waals surface area contributed by atoms with Crippen LogP contribution in [0.25, 0.3) is 5.69 Å². The maximum absolute atomic E-state index is 12.4. The van der Waals surface area contributed by atoms with Crippen molar-refractivity contribution in [2.75, 3.05) is 12.4 Å². The zero-order valence-electron chi connectivity index (χ0n) is 16.2. The number of halogens is 1. The zero-order valence-corrected chi connectivity index (χ0v) is 16.9. The van der Waals surface area contributed by atoms with Gasteiger partial charge in [-0.05, 0) is 62.4 Å². The monoisotopic (exact) mass is 413 g/mol. The first-order chi connectivity index (χ1) is 13.9. The predicted molar refractivity (Wildman–Crippen MR) is 110 cm³/mol. The van der Waals surface area contributed by atoms with Crippen molar-refractivity contribution in [1.29, 1.82) is 0 Å². The number of nitrogens with zero attached hydrogens (tertiary/aromatic N) is 2. The molecule has 0 aliphatic rings. The van der Waals surface area contributed by atoms with Crippen LogP contribution in [0.2, 0.25) is 5.02 Å². The minimum Gasteiger partial charge on any atom is -0.495 e. The van der Waals surface area contributed by atoms with E-state index in [1.165, 1.54) is 14.0 Å². The van der Waals surface area contributed by atoms with Gasteiger partial charge in [0.25, 0.3) is 5.91 Å². The van der Waals surface area contributed by atoms with Gasteiger partial charge >= 0.3 is 5.97 Å². The maximum atomic E-state index is 12.4. The van der Waals surface area contributed by atoms with Gasteiger partial charge in [0.1, 0.15) is 5.75 Å². The van der Waals surface area contributed by atoms with Crippen molar-refractivity contribution in [3.05, 3.63) is 71.0 Å². The molecule has 2 aromatic carbocycles. The fraction of sp³-hybridized carbons (Fsp3) is 0.190. The lowest BCUT2D eigenvalue weighted by Crippen LogP contribution is -2.30. The van der Waals surface area contributed by atoms with Gasteiger partial charge < -0.3 is 14.8 Å². The summed E-state index contributed by atoms with van der Waals surface area (Å²) < 4.78 is 12.2. The van der Waals surface area contributed by atoms with Crippen LogP contribution in [0.4, 0.5) is 5.69 Å². The number of anilines is 1. The first-order valence-electron chi connectivity index (χ1n) is 8.85. The van der Waals surface area contributed by atoms with Crippen LogP contribution in [0.1, 0.15) is 23.0 Å². The van der Waals surface area contributed by atoms with Crippen molar-refractivity contribution < 1.29 is 19.1 Å². The van der Waals surface area contributed by atoms with Gasteiger partial charge in [-0.1, -0.05) is 11.6 Å². The summed E-state index contributed by atoms with van der Waals surface area (Å²) in [5, 5.41) is 7.32. The number of benzene rings is 2. The molecule has 1 N–H and O–H groups in total. The number of carbonyl (C=O) groups is 2. The number of carbonyl (C=O) groups excluding carboxylic acids is 2. The lowest BCUT2D eigenvalue weighted by atomic mass is 10.2. The molecular weight excluding hydrogens is 394 g/mol. The van der Waals surface area contributed by atoms with Gasteiger partial charge in [-0.3, -0.25) is 4.79 Å². The minimum atomic E-state index is -1.01. The number of hydrogen-bond donors (Lipinski definition) is 1. The molecule has 29 heavy (non-hydrogen) atoms. The third-order valence-electron chi connectivity index (χ3n) is 4.25. The Labute approximate surface area is 173 Å². The topological polar surface area (TPSA) is 82.5 Å². The van der Waals surface area contributed by atoms with Crippen LogP contribution in [0.3, 0.4) is 0 Å². The molecular formula is C21H20ClN3O4. The molecule has 1 aromatic heterocycles. The summed E-state index contributed by atoms with van der Waals surface area (Å²) in [6, 6.07) is 13.5. The van der Waals surface area contributed by atoms with Crippen LogP contribution in [0, 0.1) is 6.92 Å². The summed E-state index contributed by atoms with van der Waals surface area (Å²) in [5.41, 5.74) is 2.52. The molecule has 0 fully saturated rings. The molecule has 0 saturated carbocycles. The Morgan fingerprint density at radius 3 is 2.48 bits per heavy atom. The van der Waals surface area contributed by atoms with E-state index in [1.54, 1.807) is 53.3 Å². The van der Waals surface area contributed by atoms with E-state index in [2.05, 4.69) is 10.4 Å². The normalized spacial score (nSPS) is 11.6. The number of aromatic nitrogens is 2. The average molecular weight is 414 g/mol. The van der Waals surface area contributed by atoms with Gasteiger partial charge in [0, 0.05) is 16.9 Å². The molecule has 3 rings (SSSR count). The van der Waals surface area contributed by atoms with Crippen molar-refractivity contribution in [1.82, 2.24) is 9.78 Å². The number of rotatable bonds is 6. The van der Waals surface area contributed by atoms with Gasteiger partial charge in [-0.15, -0.1) is 0 Å². The van der Waals surface area contributed by atoms with Gasteiger partial charge in [-0.25, -0.2) is 9.48 Å². The highest BCUT2D eigenvalue weighted by Gasteiger charge is 2.20. The highest BCUT2D eigenvalue weighted by molar-refractivity contribution is 6.31. The second-order valence-electron chi connectivity index (χ2n) is 6.31. The van der Waals surface area contributed by atoms with Gasteiger partial charge in [0.15, 0.2) is 6.10 Å². The van der Waals surface area contributed by atoms with Crippen LogP contribution in [-0.2, 0) is 9.53 Å². The standard InChI is InChI=1S/C21H20ClN3O4/c1-13-10-11-23-25(13)17-7-4-15(5-8-17)21(27)29-14(2)20(26)24-18-12-16(22)6-9-19(18)28-3/h4-12,14H,1-3H3,(H,24,26)/t14-/m1/s1. The summed E-state index contributed by atoms with van der Waals surface area (Å²) in [6.45, 7) is 3.43. The number of esters is 1. The average Bonchev–Trinajstić information content (AvgIpc) is 3.14. The molecule has 3 aromatic rings. The van der Waals surface area contributed by atoms with Crippen LogP contribution < -0.4 is 10.1 Å². The maximum Gasteiger partial charge on any atom is 0.338 e. The number of methoxy groups -OCH3 is 1. The third-order valence-corrected chi connectivity index (χ3v) is 4.49. The fourth-order valence-electron chi connectivity index (χ4n) is 2.67. The molecule has 0 aliphatic carbocycles. The fourth-order valence-corrected chi connectivity index (χ4v) is 2.85. The Morgan fingerprint density at radius 1 is 1.14 bits per heavy atom. The van der Waals surface area contributed by atoms with Gasteiger partial charge in [0.05, 0.1) is 24.0 Å². The number of ether oxygens (including phenoxy) is 2. The second-order valence-corrected chi connectivity index (χ2v) is 6.75. The molecule has 8 heteroatoms. The quantitative estimate of drug-likeness (QED) is 0.617. The van der Waals surface area contributed by atoms with E-state index >= 15 is 0 Å². The molecule has 0 saturated heterocycles. The first-order valence-corrected chi connectivity index (χ1v) is 9.23. The van der Waals surface area contributed by atoms with Crippen molar-refractivity contribution in [3.8, 4) is 11.4 Å². The molecule has 0 bridgehead atoms. The van der Waals surface area contributed by atoms with Crippen LogP contribution in [0.5, 0.6) is 5.75 Å². The highest BCUT2D eigenvalue weighted by atomic mass is 35.5. The summed E-state index contributed by atoms with van der Waals surface area (Å²) in [7, 11) is 1.48. The lowest BCUT2D eigenvalue weighted by Gasteiger charge is -2.15. The van der Waals surface area contributed by atoms with Crippen molar-refractivity contribution in [2.45, 2.75) is 20.0 Å². The number of amides is 1. The molecule has 1 heterocycles. The highest BCUT2D eigenvalue weighted by Crippen LogP contribution is 2.27. The molecule has 0 spiro atoms. The number of nitrogens with one attached hydrogen (secondary N) is 1. The Hall–Kier alpha value is -3.32.